The average Bonchev–Trinajstić information content (AvgIpc) is 2.90. The van der Waals surface area contributed by atoms with Crippen molar-refractivity contribution in [3.63, 3.8) is 0 Å². The standard InChI is InChI=1S/C15H21N5OS/c1-5-20-13(12-6-8-16-9-7-12)18-19-15(20)22-11(4)14(21)17-10(2)3/h6-11H,5H2,1-4H3,(H,17,21). The number of thioether (sulfide) groups is 1. The molecule has 1 unspecified atom stereocenters. The molecule has 7 heteroatoms. The fourth-order valence-corrected chi connectivity index (χ4v) is 2.91. The van der Waals surface area contributed by atoms with E-state index in [0.717, 1.165) is 23.1 Å². The molecule has 0 saturated carbocycles. The Morgan fingerprint density at radius 1 is 1.27 bits per heavy atom. The molecule has 0 spiro atoms. The minimum Gasteiger partial charge on any atom is -0.353 e. The van der Waals surface area contributed by atoms with Crippen LogP contribution in [0.4, 0.5) is 0 Å². The number of amides is 1. The van der Waals surface area contributed by atoms with Crippen molar-refractivity contribution in [2.75, 3.05) is 0 Å². The summed E-state index contributed by atoms with van der Waals surface area (Å²) in [6.07, 6.45) is 3.46. The molecule has 1 amide bonds. The van der Waals surface area contributed by atoms with E-state index >= 15 is 0 Å². The highest BCUT2D eigenvalue weighted by atomic mass is 32.2. The Hall–Kier alpha value is -1.89. The molecule has 1 atom stereocenters. The van der Waals surface area contributed by atoms with Gasteiger partial charge in [-0.05, 0) is 39.8 Å². The maximum absolute atomic E-state index is 12.0. The third kappa shape index (κ3) is 3.85. The average molecular weight is 319 g/mol. The maximum Gasteiger partial charge on any atom is 0.233 e. The van der Waals surface area contributed by atoms with Gasteiger partial charge in [0.25, 0.3) is 0 Å². The van der Waals surface area contributed by atoms with Gasteiger partial charge in [-0.2, -0.15) is 0 Å². The monoisotopic (exact) mass is 319 g/mol. The van der Waals surface area contributed by atoms with Gasteiger partial charge in [0.05, 0.1) is 5.25 Å². The predicted octanol–water partition coefficient (Wildman–Crippen LogP) is 2.37. The van der Waals surface area contributed by atoms with Crippen LogP contribution in [0.25, 0.3) is 11.4 Å². The van der Waals surface area contributed by atoms with E-state index in [4.69, 9.17) is 0 Å². The second-order valence-corrected chi connectivity index (χ2v) is 6.52. The van der Waals surface area contributed by atoms with E-state index in [-0.39, 0.29) is 17.2 Å². The number of pyridine rings is 1. The number of nitrogens with one attached hydrogen (secondary N) is 1. The van der Waals surface area contributed by atoms with Crippen LogP contribution in [-0.2, 0) is 11.3 Å². The number of hydrogen-bond acceptors (Lipinski definition) is 5. The van der Waals surface area contributed by atoms with Gasteiger partial charge >= 0.3 is 0 Å². The summed E-state index contributed by atoms with van der Waals surface area (Å²) >= 11 is 1.42. The van der Waals surface area contributed by atoms with E-state index in [0.29, 0.717) is 0 Å². The summed E-state index contributed by atoms with van der Waals surface area (Å²) in [4.78, 5) is 16.1. The van der Waals surface area contributed by atoms with Crippen LogP contribution in [-0.4, -0.2) is 36.9 Å². The normalized spacial score (nSPS) is 12.4. The van der Waals surface area contributed by atoms with Crippen molar-refractivity contribution in [1.82, 2.24) is 25.1 Å². The van der Waals surface area contributed by atoms with Crippen LogP contribution in [0, 0.1) is 0 Å². The molecule has 2 rings (SSSR count). The summed E-state index contributed by atoms with van der Waals surface area (Å²) in [6.45, 7) is 8.56. The fourth-order valence-electron chi connectivity index (χ4n) is 1.99. The van der Waals surface area contributed by atoms with Crippen molar-refractivity contribution in [3.8, 4) is 11.4 Å². The van der Waals surface area contributed by atoms with E-state index in [2.05, 4.69) is 20.5 Å². The topological polar surface area (TPSA) is 72.7 Å². The number of carbonyl (C=O) groups is 1. The highest BCUT2D eigenvalue weighted by molar-refractivity contribution is 8.00. The highest BCUT2D eigenvalue weighted by Gasteiger charge is 2.20. The van der Waals surface area contributed by atoms with E-state index in [1.165, 1.54) is 11.8 Å². The van der Waals surface area contributed by atoms with Gasteiger partial charge in [0.2, 0.25) is 5.91 Å². The Morgan fingerprint density at radius 2 is 1.95 bits per heavy atom. The molecule has 0 aliphatic carbocycles. The molecule has 0 aliphatic rings. The Balaban J connectivity index is 2.19. The van der Waals surface area contributed by atoms with Gasteiger partial charge in [0.1, 0.15) is 0 Å². The molecule has 0 aliphatic heterocycles. The largest absolute Gasteiger partial charge is 0.353 e. The van der Waals surface area contributed by atoms with Crippen LogP contribution in [0.5, 0.6) is 0 Å². The Bertz CT molecular complexity index is 626. The third-order valence-corrected chi connectivity index (χ3v) is 4.13. The molecule has 2 aromatic heterocycles. The lowest BCUT2D eigenvalue weighted by atomic mass is 10.2. The zero-order chi connectivity index (χ0) is 16.1. The van der Waals surface area contributed by atoms with E-state index < -0.39 is 0 Å². The van der Waals surface area contributed by atoms with Crippen molar-refractivity contribution in [2.45, 2.75) is 50.7 Å². The lowest BCUT2D eigenvalue weighted by Crippen LogP contribution is -2.36. The Labute approximate surface area is 134 Å². The van der Waals surface area contributed by atoms with Gasteiger partial charge in [0, 0.05) is 30.5 Å². The van der Waals surface area contributed by atoms with Gasteiger partial charge < -0.3 is 9.88 Å². The van der Waals surface area contributed by atoms with Gasteiger partial charge in [0.15, 0.2) is 11.0 Å². The van der Waals surface area contributed by atoms with Gasteiger partial charge in [-0.25, -0.2) is 0 Å². The molecule has 0 bridgehead atoms. The molecular weight excluding hydrogens is 298 g/mol. The minimum atomic E-state index is -0.220. The van der Waals surface area contributed by atoms with Gasteiger partial charge in [-0.15, -0.1) is 10.2 Å². The molecule has 0 saturated heterocycles. The summed E-state index contributed by atoms with van der Waals surface area (Å²) in [6, 6.07) is 3.94. The lowest BCUT2D eigenvalue weighted by molar-refractivity contribution is -0.120. The van der Waals surface area contributed by atoms with Crippen LogP contribution in [0.2, 0.25) is 0 Å². The van der Waals surface area contributed by atoms with Crippen LogP contribution in [0.3, 0.4) is 0 Å². The first kappa shape index (κ1) is 16.5. The summed E-state index contributed by atoms with van der Waals surface area (Å²) < 4.78 is 2.01. The van der Waals surface area contributed by atoms with E-state index in [1.807, 2.05) is 44.4 Å². The fraction of sp³-hybridized carbons (Fsp3) is 0.467. The molecule has 118 valence electrons. The van der Waals surface area contributed by atoms with Gasteiger partial charge in [-0.1, -0.05) is 11.8 Å². The molecular formula is C15H21N5OS. The second kappa shape index (κ2) is 7.40. The molecule has 1 N–H and O–H groups in total. The summed E-state index contributed by atoms with van der Waals surface area (Å²) in [5.74, 6) is 0.806. The molecule has 0 radical (unpaired) electrons. The molecule has 0 aromatic carbocycles. The number of hydrogen-bond donors (Lipinski definition) is 1. The van der Waals surface area contributed by atoms with Gasteiger partial charge in [-0.3, -0.25) is 9.78 Å². The summed E-state index contributed by atoms with van der Waals surface area (Å²) in [5, 5.41) is 11.9. The first-order valence-electron chi connectivity index (χ1n) is 7.33. The molecule has 6 nitrogen and oxygen atoms in total. The van der Waals surface area contributed by atoms with Crippen molar-refractivity contribution >= 4 is 17.7 Å². The van der Waals surface area contributed by atoms with Crippen LogP contribution >= 0.6 is 11.8 Å². The Morgan fingerprint density at radius 3 is 2.55 bits per heavy atom. The molecule has 0 fully saturated rings. The predicted molar refractivity (Wildman–Crippen MR) is 87.5 cm³/mol. The smallest absolute Gasteiger partial charge is 0.233 e. The van der Waals surface area contributed by atoms with Crippen LogP contribution in [0.15, 0.2) is 29.7 Å². The van der Waals surface area contributed by atoms with E-state index in [9.17, 15) is 4.79 Å². The van der Waals surface area contributed by atoms with Crippen molar-refractivity contribution in [2.24, 2.45) is 0 Å². The first-order chi connectivity index (χ1) is 10.5. The molecule has 2 heterocycles. The number of rotatable bonds is 6. The number of aromatic nitrogens is 4. The zero-order valence-electron chi connectivity index (χ0n) is 13.3. The number of carbonyl (C=O) groups excluding carboxylic acids is 1. The van der Waals surface area contributed by atoms with Crippen LogP contribution < -0.4 is 5.32 Å². The summed E-state index contributed by atoms with van der Waals surface area (Å²) in [5.41, 5.74) is 0.968. The zero-order valence-corrected chi connectivity index (χ0v) is 14.1. The van der Waals surface area contributed by atoms with E-state index in [1.54, 1.807) is 12.4 Å². The SMILES string of the molecule is CCn1c(SC(C)C(=O)NC(C)C)nnc1-c1ccncc1. The highest BCUT2D eigenvalue weighted by Crippen LogP contribution is 2.26. The molecule has 22 heavy (non-hydrogen) atoms. The first-order valence-corrected chi connectivity index (χ1v) is 8.21. The summed E-state index contributed by atoms with van der Waals surface area (Å²) in [7, 11) is 0. The maximum atomic E-state index is 12.0. The second-order valence-electron chi connectivity index (χ2n) is 5.21. The molecule has 2 aromatic rings. The Kier molecular flexibility index (Phi) is 5.54. The van der Waals surface area contributed by atoms with Crippen molar-refractivity contribution in [3.05, 3.63) is 24.5 Å². The quantitative estimate of drug-likeness (QED) is 0.828. The minimum absolute atomic E-state index is 0.0103. The lowest BCUT2D eigenvalue weighted by Gasteiger charge is -2.14. The van der Waals surface area contributed by atoms with Crippen molar-refractivity contribution < 1.29 is 4.79 Å². The van der Waals surface area contributed by atoms with Crippen LogP contribution in [0.1, 0.15) is 27.7 Å². The van der Waals surface area contributed by atoms with Crippen molar-refractivity contribution in [1.29, 1.82) is 0 Å². The third-order valence-electron chi connectivity index (χ3n) is 3.05. The number of nitrogens with zero attached hydrogens (tertiary/aromatic N) is 4.